The summed E-state index contributed by atoms with van der Waals surface area (Å²) >= 11 is 0. The highest BCUT2D eigenvalue weighted by atomic mass is 16.2. The molecule has 0 heterocycles. The fourth-order valence-electron chi connectivity index (χ4n) is 1.27. The third kappa shape index (κ3) is 1.43. The quantitative estimate of drug-likeness (QED) is 0.582. The molecule has 1 aliphatic carbocycles. The van der Waals surface area contributed by atoms with Gasteiger partial charge in [-0.15, -0.1) is 0 Å². The highest BCUT2D eigenvalue weighted by Gasteiger charge is 2.46. The molecule has 0 aromatic rings. The lowest BCUT2D eigenvalue weighted by molar-refractivity contribution is 0.276. The van der Waals surface area contributed by atoms with Crippen LogP contribution in [0, 0.1) is 5.92 Å². The average Bonchev–Trinajstić information content (AvgIpc) is 2.38. The predicted molar refractivity (Wildman–Crippen MR) is 37.0 cm³/mol. The Morgan fingerprint density at radius 2 is 2.33 bits per heavy atom. The minimum Gasteiger partial charge on any atom is -0.396 e. The third-order valence-electron chi connectivity index (χ3n) is 2.31. The Kier molecular flexibility index (Phi) is 1.78. The normalized spacial score (nSPS) is 41.0. The van der Waals surface area contributed by atoms with Crippen molar-refractivity contribution in [2.75, 3.05) is 6.61 Å². The number of rotatable bonds is 3. The standard InChI is InChI=1S/C7H15NO/c1-6-5-7(6,8)3-2-4-9/h6,9H,2-5,8H2,1H3. The summed E-state index contributed by atoms with van der Waals surface area (Å²) in [5.41, 5.74) is 5.96. The Morgan fingerprint density at radius 3 is 2.67 bits per heavy atom. The van der Waals surface area contributed by atoms with Crippen LogP contribution in [0.4, 0.5) is 0 Å². The Labute approximate surface area is 56.1 Å². The van der Waals surface area contributed by atoms with E-state index in [1.165, 1.54) is 0 Å². The lowest BCUT2D eigenvalue weighted by Crippen LogP contribution is -2.24. The average molecular weight is 129 g/mol. The summed E-state index contributed by atoms with van der Waals surface area (Å²) in [5, 5.41) is 8.49. The molecule has 0 aromatic heterocycles. The summed E-state index contributed by atoms with van der Waals surface area (Å²) in [7, 11) is 0. The van der Waals surface area contributed by atoms with E-state index >= 15 is 0 Å². The summed E-state index contributed by atoms with van der Waals surface area (Å²) < 4.78 is 0. The SMILES string of the molecule is CC1CC1(N)CCCO. The van der Waals surface area contributed by atoms with Crippen molar-refractivity contribution in [3.8, 4) is 0 Å². The summed E-state index contributed by atoms with van der Waals surface area (Å²) in [4.78, 5) is 0. The summed E-state index contributed by atoms with van der Waals surface area (Å²) in [6.45, 7) is 2.45. The third-order valence-corrected chi connectivity index (χ3v) is 2.31. The van der Waals surface area contributed by atoms with Crippen molar-refractivity contribution in [1.82, 2.24) is 0 Å². The molecule has 0 saturated heterocycles. The van der Waals surface area contributed by atoms with Crippen LogP contribution >= 0.6 is 0 Å². The molecule has 2 nitrogen and oxygen atoms in total. The van der Waals surface area contributed by atoms with Crippen molar-refractivity contribution >= 4 is 0 Å². The zero-order chi connectivity index (χ0) is 6.91. The minimum atomic E-state index is 0.0999. The van der Waals surface area contributed by atoms with E-state index in [2.05, 4.69) is 6.92 Å². The van der Waals surface area contributed by atoms with Gasteiger partial charge in [0.05, 0.1) is 0 Å². The predicted octanol–water partition coefficient (Wildman–Crippen LogP) is 0.496. The van der Waals surface area contributed by atoms with E-state index in [-0.39, 0.29) is 12.1 Å². The molecule has 0 aromatic carbocycles. The van der Waals surface area contributed by atoms with Crippen LogP contribution in [0.5, 0.6) is 0 Å². The van der Waals surface area contributed by atoms with Gasteiger partial charge in [0.25, 0.3) is 0 Å². The van der Waals surface area contributed by atoms with E-state index in [9.17, 15) is 0 Å². The van der Waals surface area contributed by atoms with Crippen LogP contribution in [0.25, 0.3) is 0 Å². The highest BCUT2D eigenvalue weighted by molar-refractivity contribution is 5.04. The number of aliphatic hydroxyl groups is 1. The van der Waals surface area contributed by atoms with E-state index in [0.717, 1.165) is 19.3 Å². The van der Waals surface area contributed by atoms with Crippen LogP contribution in [-0.2, 0) is 0 Å². The zero-order valence-corrected chi connectivity index (χ0v) is 5.93. The van der Waals surface area contributed by atoms with E-state index in [1.54, 1.807) is 0 Å². The Morgan fingerprint density at radius 1 is 1.78 bits per heavy atom. The Balaban J connectivity index is 2.13. The summed E-state index contributed by atoms with van der Waals surface area (Å²) in [6, 6.07) is 0. The molecule has 54 valence electrons. The lowest BCUT2D eigenvalue weighted by Gasteiger charge is -2.06. The first-order chi connectivity index (χ1) is 4.19. The van der Waals surface area contributed by atoms with Crippen molar-refractivity contribution in [1.29, 1.82) is 0 Å². The summed E-state index contributed by atoms with van der Waals surface area (Å²) in [5.74, 6) is 0.684. The van der Waals surface area contributed by atoms with Gasteiger partial charge >= 0.3 is 0 Å². The van der Waals surface area contributed by atoms with Gasteiger partial charge < -0.3 is 10.8 Å². The Bertz CT molecular complexity index is 105. The van der Waals surface area contributed by atoms with Crippen LogP contribution in [0.15, 0.2) is 0 Å². The second-order valence-electron chi connectivity index (χ2n) is 3.17. The van der Waals surface area contributed by atoms with Gasteiger partial charge in [-0.05, 0) is 25.2 Å². The van der Waals surface area contributed by atoms with Gasteiger partial charge in [-0.1, -0.05) is 6.92 Å². The van der Waals surface area contributed by atoms with Crippen LogP contribution in [0.2, 0.25) is 0 Å². The fraction of sp³-hybridized carbons (Fsp3) is 1.00. The first kappa shape index (κ1) is 7.03. The van der Waals surface area contributed by atoms with Gasteiger partial charge in [0.2, 0.25) is 0 Å². The van der Waals surface area contributed by atoms with Gasteiger partial charge in [-0.2, -0.15) is 0 Å². The maximum Gasteiger partial charge on any atom is 0.0431 e. The van der Waals surface area contributed by atoms with E-state index in [0.29, 0.717) is 5.92 Å². The van der Waals surface area contributed by atoms with Crippen LogP contribution in [0.3, 0.4) is 0 Å². The molecule has 0 spiro atoms. The maximum atomic E-state index is 8.49. The number of hydrogen-bond donors (Lipinski definition) is 2. The van der Waals surface area contributed by atoms with Gasteiger partial charge in [-0.3, -0.25) is 0 Å². The Hall–Kier alpha value is -0.0800. The lowest BCUT2D eigenvalue weighted by atomic mass is 10.1. The van der Waals surface area contributed by atoms with Crippen LogP contribution in [0.1, 0.15) is 26.2 Å². The van der Waals surface area contributed by atoms with Gasteiger partial charge in [-0.25, -0.2) is 0 Å². The molecule has 1 aliphatic rings. The molecule has 0 amide bonds. The largest absolute Gasteiger partial charge is 0.396 e. The number of nitrogens with two attached hydrogens (primary N) is 1. The molecule has 0 radical (unpaired) electrons. The smallest absolute Gasteiger partial charge is 0.0431 e. The molecule has 9 heavy (non-hydrogen) atoms. The molecule has 2 heteroatoms. The van der Waals surface area contributed by atoms with Crippen LogP contribution in [-0.4, -0.2) is 17.3 Å². The molecular formula is C7H15NO. The highest BCUT2D eigenvalue weighted by Crippen LogP contribution is 2.43. The van der Waals surface area contributed by atoms with Crippen molar-refractivity contribution in [3.05, 3.63) is 0 Å². The van der Waals surface area contributed by atoms with Crippen molar-refractivity contribution in [2.45, 2.75) is 31.7 Å². The summed E-state index contributed by atoms with van der Waals surface area (Å²) in [6.07, 6.45) is 3.00. The molecule has 2 unspecified atom stereocenters. The van der Waals surface area contributed by atoms with Gasteiger partial charge in [0, 0.05) is 12.1 Å². The molecule has 1 saturated carbocycles. The van der Waals surface area contributed by atoms with Crippen molar-refractivity contribution < 1.29 is 5.11 Å². The van der Waals surface area contributed by atoms with Crippen molar-refractivity contribution in [2.24, 2.45) is 11.7 Å². The second-order valence-corrected chi connectivity index (χ2v) is 3.17. The topological polar surface area (TPSA) is 46.2 Å². The zero-order valence-electron chi connectivity index (χ0n) is 5.93. The molecule has 2 atom stereocenters. The number of hydrogen-bond acceptors (Lipinski definition) is 2. The first-order valence-corrected chi connectivity index (χ1v) is 3.59. The van der Waals surface area contributed by atoms with E-state index in [4.69, 9.17) is 10.8 Å². The molecule has 1 rings (SSSR count). The second kappa shape index (κ2) is 2.27. The maximum absolute atomic E-state index is 8.49. The molecule has 1 fully saturated rings. The molecule has 0 aliphatic heterocycles. The van der Waals surface area contributed by atoms with Gasteiger partial charge in [0.1, 0.15) is 0 Å². The molecular weight excluding hydrogens is 114 g/mol. The molecule has 0 bridgehead atoms. The van der Waals surface area contributed by atoms with Crippen molar-refractivity contribution in [3.63, 3.8) is 0 Å². The first-order valence-electron chi connectivity index (χ1n) is 3.59. The minimum absolute atomic E-state index is 0.0999. The molecule has 3 N–H and O–H groups in total. The van der Waals surface area contributed by atoms with Gasteiger partial charge in [0.15, 0.2) is 0 Å². The van der Waals surface area contributed by atoms with E-state index < -0.39 is 0 Å². The fourth-order valence-corrected chi connectivity index (χ4v) is 1.27. The van der Waals surface area contributed by atoms with E-state index in [1.807, 2.05) is 0 Å². The number of aliphatic hydroxyl groups excluding tert-OH is 1. The van der Waals surface area contributed by atoms with Crippen LogP contribution < -0.4 is 5.73 Å². The monoisotopic (exact) mass is 129 g/mol.